The molecule has 0 radical (unpaired) electrons. The molecule has 0 unspecified atom stereocenters. The Kier molecular flexibility index (Phi) is 5.58. The van der Waals surface area contributed by atoms with Gasteiger partial charge < -0.3 is 4.84 Å². The largest absolute Gasteiger partial charge is 0.372 e. The molecule has 0 aliphatic heterocycles. The maximum Gasteiger partial charge on any atom is 0.349 e. The fourth-order valence-corrected chi connectivity index (χ4v) is 2.01. The lowest BCUT2D eigenvalue weighted by atomic mass is 10.1. The number of nitrogens with zero attached hydrogens (tertiary/aromatic N) is 2. The number of halogens is 1. The van der Waals surface area contributed by atoms with Gasteiger partial charge >= 0.3 is 5.97 Å². The predicted octanol–water partition coefficient (Wildman–Crippen LogP) is 1.55. The Balaban J connectivity index is 2.86. The van der Waals surface area contributed by atoms with E-state index in [4.69, 9.17) is 11.4 Å². The van der Waals surface area contributed by atoms with E-state index in [2.05, 4.69) is 20.7 Å². The SMILES string of the molecule is N=NN[C@@H](Cc1ccc(N=O)c(I)c1)C(=O)ON. The van der Waals surface area contributed by atoms with Crippen LogP contribution in [0.2, 0.25) is 0 Å². The van der Waals surface area contributed by atoms with Gasteiger partial charge in [-0.05, 0) is 45.5 Å². The van der Waals surface area contributed by atoms with Crippen LogP contribution in [-0.4, -0.2) is 12.0 Å². The van der Waals surface area contributed by atoms with Crippen molar-refractivity contribution in [1.82, 2.24) is 5.43 Å². The van der Waals surface area contributed by atoms with Crippen LogP contribution in [0.1, 0.15) is 5.56 Å². The Hall–Kier alpha value is -1.62. The second kappa shape index (κ2) is 6.96. The van der Waals surface area contributed by atoms with Crippen LogP contribution in [0.5, 0.6) is 0 Å². The summed E-state index contributed by atoms with van der Waals surface area (Å²) in [7, 11) is 0. The van der Waals surface area contributed by atoms with Crippen molar-refractivity contribution in [2.75, 3.05) is 0 Å². The molecule has 0 fully saturated rings. The summed E-state index contributed by atoms with van der Waals surface area (Å²) in [5, 5.41) is 5.78. The lowest BCUT2D eigenvalue weighted by Gasteiger charge is -2.12. The van der Waals surface area contributed by atoms with Gasteiger partial charge in [0.05, 0.1) is 0 Å². The number of carbonyl (C=O) groups excluding carboxylic acids is 1. The summed E-state index contributed by atoms with van der Waals surface area (Å²) < 4.78 is 0.669. The number of nitrogens with two attached hydrogens (primary N) is 1. The van der Waals surface area contributed by atoms with E-state index in [9.17, 15) is 9.70 Å². The van der Waals surface area contributed by atoms with Gasteiger partial charge in [-0.1, -0.05) is 11.3 Å². The highest BCUT2D eigenvalue weighted by Crippen LogP contribution is 2.22. The number of hydrogen-bond acceptors (Lipinski definition) is 7. The second-order valence-corrected chi connectivity index (χ2v) is 4.47. The van der Waals surface area contributed by atoms with E-state index in [1.807, 2.05) is 22.6 Å². The van der Waals surface area contributed by atoms with Gasteiger partial charge in [-0.25, -0.2) is 4.79 Å². The average molecular weight is 363 g/mol. The highest BCUT2D eigenvalue weighted by molar-refractivity contribution is 14.1. The molecule has 8 nitrogen and oxygen atoms in total. The van der Waals surface area contributed by atoms with E-state index >= 15 is 0 Å². The number of rotatable bonds is 6. The zero-order valence-corrected chi connectivity index (χ0v) is 11.2. The van der Waals surface area contributed by atoms with Crippen molar-refractivity contribution in [2.45, 2.75) is 12.5 Å². The molecule has 1 aromatic rings. The number of nitroso groups, excluding NO2 is 1. The third-order valence-corrected chi connectivity index (χ3v) is 3.04. The van der Waals surface area contributed by atoms with E-state index in [0.717, 1.165) is 5.56 Å². The first kappa shape index (κ1) is 14.4. The molecule has 0 spiro atoms. The van der Waals surface area contributed by atoms with E-state index in [1.165, 1.54) is 0 Å². The van der Waals surface area contributed by atoms with Crippen LogP contribution in [0.3, 0.4) is 0 Å². The fourth-order valence-electron chi connectivity index (χ4n) is 1.33. The summed E-state index contributed by atoms with van der Waals surface area (Å²) >= 11 is 1.97. The first-order valence-corrected chi connectivity index (χ1v) is 5.84. The van der Waals surface area contributed by atoms with Crippen molar-refractivity contribution in [3.63, 3.8) is 0 Å². The van der Waals surface area contributed by atoms with Crippen LogP contribution >= 0.6 is 22.6 Å². The summed E-state index contributed by atoms with van der Waals surface area (Å²) in [6, 6.07) is 4.06. The average Bonchev–Trinajstić information content (AvgIpc) is 2.37. The second-order valence-electron chi connectivity index (χ2n) is 3.31. The minimum absolute atomic E-state index is 0.230. The summed E-state index contributed by atoms with van der Waals surface area (Å²) in [6.45, 7) is 0. The van der Waals surface area contributed by atoms with E-state index in [0.29, 0.717) is 9.26 Å². The minimum atomic E-state index is -0.849. The molecule has 0 saturated heterocycles. The Morgan fingerprint density at radius 1 is 1.61 bits per heavy atom. The summed E-state index contributed by atoms with van der Waals surface area (Å²) in [4.78, 5) is 25.8. The van der Waals surface area contributed by atoms with Crippen LogP contribution < -0.4 is 11.3 Å². The third-order valence-electron chi connectivity index (χ3n) is 2.17. The zero-order chi connectivity index (χ0) is 13.5. The van der Waals surface area contributed by atoms with Crippen LogP contribution in [-0.2, 0) is 16.1 Å². The minimum Gasteiger partial charge on any atom is -0.372 e. The Bertz CT molecular complexity index is 468. The molecular formula is C9H10IN5O3. The molecule has 18 heavy (non-hydrogen) atoms. The number of nitrogens with one attached hydrogen (secondary N) is 2. The van der Waals surface area contributed by atoms with Crippen molar-refractivity contribution >= 4 is 34.2 Å². The Labute approximate surface area is 116 Å². The normalized spacial score (nSPS) is 11.4. The lowest BCUT2D eigenvalue weighted by Crippen LogP contribution is -2.37. The summed E-state index contributed by atoms with van der Waals surface area (Å²) in [5.74, 6) is 4.06. The molecule has 0 amide bonds. The van der Waals surface area contributed by atoms with E-state index < -0.39 is 12.0 Å². The molecule has 96 valence electrons. The van der Waals surface area contributed by atoms with E-state index in [1.54, 1.807) is 18.2 Å². The summed E-state index contributed by atoms with van der Waals surface area (Å²) in [6.07, 6.45) is 0.230. The maximum absolute atomic E-state index is 11.3. The van der Waals surface area contributed by atoms with Crippen LogP contribution in [0.25, 0.3) is 0 Å². The zero-order valence-electron chi connectivity index (χ0n) is 9.09. The lowest BCUT2D eigenvalue weighted by molar-refractivity contribution is -0.146. The predicted molar refractivity (Wildman–Crippen MR) is 70.7 cm³/mol. The smallest absolute Gasteiger partial charge is 0.349 e. The van der Waals surface area contributed by atoms with Gasteiger partial charge in [0.25, 0.3) is 0 Å². The number of benzene rings is 1. The Morgan fingerprint density at radius 2 is 2.33 bits per heavy atom. The molecule has 1 aromatic carbocycles. The molecule has 4 N–H and O–H groups in total. The quantitative estimate of drug-likeness (QED) is 0.306. The highest BCUT2D eigenvalue weighted by atomic mass is 127. The molecule has 1 rings (SSSR count). The maximum atomic E-state index is 11.3. The topological polar surface area (TPSA) is 130 Å². The van der Waals surface area contributed by atoms with Crippen LogP contribution in [0, 0.1) is 14.0 Å². The molecule has 9 heteroatoms. The monoisotopic (exact) mass is 363 g/mol. The molecule has 0 saturated carbocycles. The van der Waals surface area contributed by atoms with Crippen molar-refractivity contribution in [1.29, 1.82) is 5.53 Å². The fraction of sp³-hybridized carbons (Fsp3) is 0.222. The molecule has 0 aliphatic carbocycles. The van der Waals surface area contributed by atoms with Gasteiger partial charge in [0.2, 0.25) is 0 Å². The highest BCUT2D eigenvalue weighted by Gasteiger charge is 2.20. The third kappa shape index (κ3) is 3.70. The molecule has 0 heterocycles. The first-order chi connectivity index (χ1) is 8.62. The molecule has 1 atom stereocenters. The van der Waals surface area contributed by atoms with Crippen molar-refractivity contribution in [3.8, 4) is 0 Å². The molecule has 0 aromatic heterocycles. The van der Waals surface area contributed by atoms with Gasteiger partial charge in [-0.2, -0.15) is 11.4 Å². The van der Waals surface area contributed by atoms with Crippen LogP contribution in [0.4, 0.5) is 5.69 Å². The van der Waals surface area contributed by atoms with Crippen molar-refractivity contribution in [2.24, 2.45) is 16.3 Å². The van der Waals surface area contributed by atoms with Crippen LogP contribution in [0.15, 0.2) is 28.6 Å². The molecule has 0 aliphatic rings. The van der Waals surface area contributed by atoms with Gasteiger partial charge in [-0.3, -0.25) is 5.43 Å². The molecular weight excluding hydrogens is 353 g/mol. The summed E-state index contributed by atoms with van der Waals surface area (Å²) in [5.41, 5.74) is 10.1. The van der Waals surface area contributed by atoms with Gasteiger partial charge in [0.1, 0.15) is 11.7 Å². The van der Waals surface area contributed by atoms with E-state index in [-0.39, 0.29) is 6.42 Å². The van der Waals surface area contributed by atoms with Gasteiger partial charge in [0.15, 0.2) is 0 Å². The molecule has 0 bridgehead atoms. The standard InChI is InChI=1S/C9H10IN5O3/c10-6-3-5(1-2-7(6)14-17)4-8(13-15-11)9(16)18-12/h1-3,8H,4,12H2,(H2,11,13)/t8-/m0/s1. The van der Waals surface area contributed by atoms with Crippen molar-refractivity contribution in [3.05, 3.63) is 32.2 Å². The van der Waals surface area contributed by atoms with Gasteiger partial charge in [0, 0.05) is 9.99 Å². The number of hydrogen-bond donors (Lipinski definition) is 3. The number of carbonyl (C=O) groups is 1. The van der Waals surface area contributed by atoms with Crippen molar-refractivity contribution < 1.29 is 9.63 Å². The van der Waals surface area contributed by atoms with Gasteiger partial charge in [-0.15, -0.1) is 4.91 Å². The Morgan fingerprint density at radius 3 is 2.83 bits per heavy atom. The first-order valence-electron chi connectivity index (χ1n) is 4.76.